The van der Waals surface area contributed by atoms with Crippen LogP contribution in [0.1, 0.15) is 29.7 Å². The molecule has 1 aromatic heterocycles. The highest BCUT2D eigenvalue weighted by atomic mass is 127. The predicted molar refractivity (Wildman–Crippen MR) is 116 cm³/mol. The van der Waals surface area contributed by atoms with Crippen LogP contribution < -0.4 is 10.6 Å². The number of ether oxygens (including phenoxy) is 1. The Labute approximate surface area is 172 Å². The number of hydrogen-bond donors (Lipinski definition) is 2. The fourth-order valence-corrected chi connectivity index (χ4v) is 3.73. The monoisotopic (exact) mass is 481 g/mol. The molecule has 1 aliphatic heterocycles. The Morgan fingerprint density at radius 2 is 2.32 bits per heavy atom. The summed E-state index contributed by atoms with van der Waals surface area (Å²) < 4.78 is 5.21. The second-order valence-electron chi connectivity index (χ2n) is 6.09. The minimum atomic E-state index is 0. The molecular weight excluding hydrogens is 449 g/mol. The van der Waals surface area contributed by atoms with E-state index in [2.05, 4.69) is 34.4 Å². The Bertz CT molecular complexity index is 511. The molecule has 0 aliphatic carbocycles. The first kappa shape index (κ1) is 22.6. The van der Waals surface area contributed by atoms with Crippen LogP contribution in [0.4, 0.5) is 0 Å². The van der Waals surface area contributed by atoms with Crippen LogP contribution in [0, 0.1) is 6.92 Å². The topological polar surface area (TPSA) is 61.8 Å². The predicted octanol–water partition coefficient (Wildman–Crippen LogP) is 2.28. The van der Waals surface area contributed by atoms with Gasteiger partial charge >= 0.3 is 0 Å². The molecule has 1 aliphatic rings. The first-order chi connectivity index (χ1) is 11.7. The number of rotatable bonds is 9. The summed E-state index contributed by atoms with van der Waals surface area (Å²) in [4.78, 5) is 13.0. The van der Waals surface area contributed by atoms with E-state index in [-0.39, 0.29) is 24.0 Å². The van der Waals surface area contributed by atoms with Crippen LogP contribution in [-0.4, -0.2) is 68.3 Å². The normalized spacial score (nSPS) is 18.2. The molecule has 1 unspecified atom stereocenters. The quantitative estimate of drug-likeness (QED) is 0.322. The fourth-order valence-electron chi connectivity index (χ4n) is 2.95. The third kappa shape index (κ3) is 8.19. The van der Waals surface area contributed by atoms with Gasteiger partial charge in [-0.05, 0) is 33.2 Å². The molecule has 2 heterocycles. The van der Waals surface area contributed by atoms with Crippen LogP contribution in [0.5, 0.6) is 0 Å². The van der Waals surface area contributed by atoms with Crippen LogP contribution in [0.2, 0.25) is 0 Å². The van der Waals surface area contributed by atoms with Crippen molar-refractivity contribution in [2.75, 3.05) is 46.4 Å². The summed E-state index contributed by atoms with van der Waals surface area (Å²) >= 11 is 1.76. The molecule has 1 aromatic rings. The molecule has 1 atom stereocenters. The summed E-state index contributed by atoms with van der Waals surface area (Å²) in [5.74, 6) is 0.907. The molecule has 144 valence electrons. The molecule has 2 N–H and O–H groups in total. The van der Waals surface area contributed by atoms with Crippen molar-refractivity contribution >= 4 is 41.3 Å². The summed E-state index contributed by atoms with van der Waals surface area (Å²) in [6.07, 6.45) is 5.36. The van der Waals surface area contributed by atoms with Crippen LogP contribution >= 0.6 is 35.3 Å². The number of aliphatic imine (C=N–C) groups is 1. The van der Waals surface area contributed by atoms with Gasteiger partial charge in [0, 0.05) is 50.3 Å². The average molecular weight is 481 g/mol. The number of aryl methyl sites for hydroxylation is 1. The van der Waals surface area contributed by atoms with Gasteiger partial charge in [-0.1, -0.05) is 0 Å². The Hall–Kier alpha value is -0.450. The lowest BCUT2D eigenvalue weighted by molar-refractivity contribution is 0.142. The number of nitrogens with zero attached hydrogens (tertiary/aromatic N) is 3. The Kier molecular flexibility index (Phi) is 11.6. The molecule has 0 bridgehead atoms. The van der Waals surface area contributed by atoms with E-state index in [4.69, 9.17) is 9.73 Å². The highest BCUT2D eigenvalue weighted by Gasteiger charge is 2.23. The number of thiazole rings is 1. The minimum absolute atomic E-state index is 0. The van der Waals surface area contributed by atoms with Gasteiger partial charge < -0.3 is 15.4 Å². The maximum Gasteiger partial charge on any atom is 0.191 e. The number of methoxy groups -OCH3 is 1. The molecular formula is C17H32IN5OS. The molecule has 6 nitrogen and oxygen atoms in total. The number of likely N-dealkylation sites (tertiary alicyclic amines) is 1. The molecule has 0 aromatic carbocycles. The summed E-state index contributed by atoms with van der Waals surface area (Å²) in [5.41, 5.74) is 0. The van der Waals surface area contributed by atoms with E-state index < -0.39 is 0 Å². The van der Waals surface area contributed by atoms with Crippen molar-refractivity contribution in [3.8, 4) is 0 Å². The molecule has 2 rings (SSSR count). The second-order valence-corrected chi connectivity index (χ2v) is 7.41. The molecule has 1 saturated heterocycles. The lowest BCUT2D eigenvalue weighted by Crippen LogP contribution is -2.40. The zero-order chi connectivity index (χ0) is 17.2. The van der Waals surface area contributed by atoms with Crippen LogP contribution in [0.15, 0.2) is 11.2 Å². The van der Waals surface area contributed by atoms with E-state index in [0.717, 1.165) is 51.7 Å². The summed E-state index contributed by atoms with van der Waals surface area (Å²) in [5, 5.41) is 7.94. The smallest absolute Gasteiger partial charge is 0.191 e. The molecule has 25 heavy (non-hydrogen) atoms. The zero-order valence-electron chi connectivity index (χ0n) is 15.6. The standard InChI is InChI=1S/C17H31N5OS.HI/c1-4-18-17(19-8-7-16-20-12-14(2)24-16)21-13-15-6-5-9-22(15)10-11-23-3;/h12,15H,4-11,13H2,1-3H3,(H2,18,19,21);1H. The highest BCUT2D eigenvalue weighted by molar-refractivity contribution is 14.0. The number of halogens is 1. The molecule has 8 heteroatoms. The van der Waals surface area contributed by atoms with Crippen molar-refractivity contribution in [3.63, 3.8) is 0 Å². The SMILES string of the molecule is CCNC(=NCC1CCCN1CCOC)NCCc1ncc(C)s1.I. The lowest BCUT2D eigenvalue weighted by atomic mass is 10.2. The van der Waals surface area contributed by atoms with Gasteiger partial charge in [0.1, 0.15) is 0 Å². The third-order valence-corrected chi connectivity index (χ3v) is 5.16. The van der Waals surface area contributed by atoms with Gasteiger partial charge in [0.05, 0.1) is 18.2 Å². The summed E-state index contributed by atoms with van der Waals surface area (Å²) in [6, 6.07) is 0.539. The number of aromatic nitrogens is 1. The maximum atomic E-state index is 5.21. The number of guanidine groups is 1. The van der Waals surface area contributed by atoms with Gasteiger partial charge in [0.15, 0.2) is 5.96 Å². The van der Waals surface area contributed by atoms with Crippen molar-refractivity contribution in [2.45, 2.75) is 39.2 Å². The van der Waals surface area contributed by atoms with Gasteiger partial charge in [-0.25, -0.2) is 4.98 Å². The van der Waals surface area contributed by atoms with Crippen molar-refractivity contribution < 1.29 is 4.74 Å². The molecule has 1 fully saturated rings. The Morgan fingerprint density at radius 3 is 3.00 bits per heavy atom. The summed E-state index contributed by atoms with van der Waals surface area (Å²) in [7, 11) is 1.76. The summed E-state index contributed by atoms with van der Waals surface area (Å²) in [6.45, 7) is 9.73. The first-order valence-corrected chi connectivity index (χ1v) is 9.71. The zero-order valence-corrected chi connectivity index (χ0v) is 18.7. The van der Waals surface area contributed by atoms with Crippen molar-refractivity contribution in [1.82, 2.24) is 20.5 Å². The van der Waals surface area contributed by atoms with Crippen LogP contribution in [-0.2, 0) is 11.2 Å². The minimum Gasteiger partial charge on any atom is -0.383 e. The van der Waals surface area contributed by atoms with Crippen molar-refractivity contribution in [1.29, 1.82) is 0 Å². The maximum absolute atomic E-state index is 5.21. The Balaban J connectivity index is 0.00000312. The van der Waals surface area contributed by atoms with E-state index in [1.807, 2.05) is 6.20 Å². The van der Waals surface area contributed by atoms with Gasteiger partial charge in [-0.15, -0.1) is 35.3 Å². The number of nitrogens with one attached hydrogen (secondary N) is 2. The lowest BCUT2D eigenvalue weighted by Gasteiger charge is -2.23. The van der Waals surface area contributed by atoms with Gasteiger partial charge in [-0.3, -0.25) is 9.89 Å². The van der Waals surface area contributed by atoms with Crippen LogP contribution in [0.25, 0.3) is 0 Å². The Morgan fingerprint density at radius 1 is 1.48 bits per heavy atom. The van der Waals surface area contributed by atoms with Crippen molar-refractivity contribution in [2.24, 2.45) is 4.99 Å². The molecule has 0 amide bonds. The third-order valence-electron chi connectivity index (χ3n) is 4.19. The largest absolute Gasteiger partial charge is 0.383 e. The average Bonchev–Trinajstić information content (AvgIpc) is 3.19. The van der Waals surface area contributed by atoms with Crippen LogP contribution in [0.3, 0.4) is 0 Å². The molecule has 0 radical (unpaired) electrons. The van der Waals surface area contributed by atoms with E-state index in [0.29, 0.717) is 6.04 Å². The second kappa shape index (κ2) is 12.8. The van der Waals surface area contributed by atoms with E-state index in [9.17, 15) is 0 Å². The van der Waals surface area contributed by atoms with E-state index in [1.165, 1.54) is 22.7 Å². The van der Waals surface area contributed by atoms with Gasteiger partial charge in [0.25, 0.3) is 0 Å². The van der Waals surface area contributed by atoms with Gasteiger partial charge in [-0.2, -0.15) is 0 Å². The molecule has 0 spiro atoms. The highest BCUT2D eigenvalue weighted by Crippen LogP contribution is 2.16. The van der Waals surface area contributed by atoms with E-state index in [1.54, 1.807) is 18.4 Å². The van der Waals surface area contributed by atoms with Gasteiger partial charge in [0.2, 0.25) is 0 Å². The van der Waals surface area contributed by atoms with E-state index >= 15 is 0 Å². The van der Waals surface area contributed by atoms with Crippen molar-refractivity contribution in [3.05, 3.63) is 16.1 Å². The first-order valence-electron chi connectivity index (χ1n) is 8.89. The fraction of sp³-hybridized carbons (Fsp3) is 0.765. The number of hydrogen-bond acceptors (Lipinski definition) is 5. The molecule has 0 saturated carbocycles.